The Morgan fingerprint density at radius 1 is 1.38 bits per heavy atom. The minimum absolute atomic E-state index is 0.00635. The summed E-state index contributed by atoms with van der Waals surface area (Å²) in [5.74, 6) is 0. The minimum atomic E-state index is -0.287. The van der Waals surface area contributed by atoms with E-state index < -0.39 is 0 Å². The third-order valence-corrected chi connectivity index (χ3v) is 3.08. The van der Waals surface area contributed by atoms with Gasteiger partial charge in [-0.15, -0.1) is 0 Å². The molecule has 3 heteroatoms. The molecule has 0 saturated heterocycles. The van der Waals surface area contributed by atoms with E-state index in [0.29, 0.717) is 0 Å². The van der Waals surface area contributed by atoms with E-state index in [1.54, 1.807) is 0 Å². The molecule has 90 valence electrons. The number of anilines is 1. The number of nitrogens with zero attached hydrogens (tertiary/aromatic N) is 1. The van der Waals surface area contributed by atoms with Crippen LogP contribution in [0, 0.1) is 0 Å². The average Bonchev–Trinajstić information content (AvgIpc) is 2.28. The van der Waals surface area contributed by atoms with Crippen molar-refractivity contribution in [1.29, 1.82) is 0 Å². The monoisotopic (exact) mass is 222 g/mol. The van der Waals surface area contributed by atoms with Crippen LogP contribution in [0.3, 0.4) is 0 Å². The van der Waals surface area contributed by atoms with Gasteiger partial charge in [0.25, 0.3) is 0 Å². The number of para-hydroxylation sites is 1. The van der Waals surface area contributed by atoms with Crippen LogP contribution in [0.2, 0.25) is 0 Å². The van der Waals surface area contributed by atoms with Crippen LogP contribution in [-0.2, 0) is 0 Å². The van der Waals surface area contributed by atoms with Gasteiger partial charge >= 0.3 is 0 Å². The summed E-state index contributed by atoms with van der Waals surface area (Å²) in [6, 6.07) is 8.04. The van der Waals surface area contributed by atoms with Crippen molar-refractivity contribution in [2.24, 2.45) is 5.73 Å². The molecule has 0 radical (unpaired) electrons. The first-order chi connectivity index (χ1) is 7.40. The summed E-state index contributed by atoms with van der Waals surface area (Å²) < 4.78 is 0. The summed E-state index contributed by atoms with van der Waals surface area (Å²) in [6.07, 6.45) is 0. The number of likely N-dealkylation sites (N-methyl/N-ethyl adjacent to an activating group) is 1. The second-order valence-corrected chi connectivity index (χ2v) is 4.88. The molecule has 0 amide bonds. The van der Waals surface area contributed by atoms with Crippen molar-refractivity contribution in [1.82, 2.24) is 0 Å². The summed E-state index contributed by atoms with van der Waals surface area (Å²) in [6.45, 7) is 6.09. The number of aliphatic hydroxyl groups is 1. The van der Waals surface area contributed by atoms with Crippen molar-refractivity contribution in [3.8, 4) is 0 Å². The predicted octanol–water partition coefficient (Wildman–Crippen LogP) is 1.91. The number of aliphatic hydroxyl groups excluding tert-OH is 1. The maximum absolute atomic E-state index is 9.38. The van der Waals surface area contributed by atoms with Gasteiger partial charge < -0.3 is 15.7 Å². The van der Waals surface area contributed by atoms with Crippen molar-refractivity contribution in [2.45, 2.75) is 32.4 Å². The highest BCUT2D eigenvalue weighted by atomic mass is 16.3. The van der Waals surface area contributed by atoms with Crippen LogP contribution in [0.4, 0.5) is 5.69 Å². The maximum Gasteiger partial charge on any atom is 0.0658 e. The summed E-state index contributed by atoms with van der Waals surface area (Å²) in [4.78, 5) is 2.08. The van der Waals surface area contributed by atoms with Gasteiger partial charge in [-0.3, -0.25) is 0 Å². The van der Waals surface area contributed by atoms with Gasteiger partial charge in [0.1, 0.15) is 0 Å². The molecule has 0 aliphatic heterocycles. The summed E-state index contributed by atoms with van der Waals surface area (Å²) in [7, 11) is 1.98. The Balaban J connectivity index is 3.13. The Kier molecular flexibility index (Phi) is 3.94. The zero-order valence-corrected chi connectivity index (χ0v) is 10.6. The van der Waals surface area contributed by atoms with Gasteiger partial charge in [0, 0.05) is 18.8 Å². The van der Waals surface area contributed by atoms with E-state index in [1.165, 1.54) is 0 Å². The Bertz CT molecular complexity index is 348. The second-order valence-electron chi connectivity index (χ2n) is 4.88. The number of nitrogens with two attached hydrogens (primary N) is 1. The fourth-order valence-electron chi connectivity index (χ4n) is 1.61. The maximum atomic E-state index is 9.38. The second kappa shape index (κ2) is 4.85. The lowest BCUT2D eigenvalue weighted by atomic mass is 10.00. The highest BCUT2D eigenvalue weighted by Crippen LogP contribution is 2.28. The Hall–Kier alpha value is -1.06. The van der Waals surface area contributed by atoms with Gasteiger partial charge in [-0.05, 0) is 32.4 Å². The first-order valence-electron chi connectivity index (χ1n) is 5.59. The number of rotatable bonds is 4. The minimum Gasteiger partial charge on any atom is -0.394 e. The normalized spacial score (nSPS) is 13.6. The lowest BCUT2D eigenvalue weighted by molar-refractivity contribution is 0.216. The molecule has 0 aliphatic carbocycles. The molecular weight excluding hydrogens is 200 g/mol. The fourth-order valence-corrected chi connectivity index (χ4v) is 1.61. The molecule has 3 nitrogen and oxygen atoms in total. The molecule has 0 heterocycles. The molecule has 0 bridgehead atoms. The van der Waals surface area contributed by atoms with Gasteiger partial charge in [0.2, 0.25) is 0 Å². The molecule has 16 heavy (non-hydrogen) atoms. The van der Waals surface area contributed by atoms with E-state index in [9.17, 15) is 5.11 Å². The first kappa shape index (κ1) is 13.0. The number of benzene rings is 1. The molecule has 3 N–H and O–H groups in total. The van der Waals surface area contributed by atoms with Gasteiger partial charge in [0.15, 0.2) is 0 Å². The van der Waals surface area contributed by atoms with Gasteiger partial charge in [0.05, 0.1) is 12.1 Å². The smallest absolute Gasteiger partial charge is 0.0658 e. The van der Waals surface area contributed by atoms with Crippen molar-refractivity contribution in [3.63, 3.8) is 0 Å². The van der Waals surface area contributed by atoms with Crippen molar-refractivity contribution < 1.29 is 5.11 Å². The molecule has 1 atom stereocenters. The fraction of sp³-hybridized carbons (Fsp3) is 0.538. The van der Waals surface area contributed by atoms with Gasteiger partial charge in [-0.25, -0.2) is 0 Å². The van der Waals surface area contributed by atoms with Crippen LogP contribution in [0.25, 0.3) is 0 Å². The van der Waals surface area contributed by atoms with E-state index in [-0.39, 0.29) is 18.2 Å². The zero-order valence-electron chi connectivity index (χ0n) is 10.6. The SMILES string of the molecule is C[C@H](N)c1ccccc1N(C)C(C)(C)CO. The topological polar surface area (TPSA) is 49.5 Å². The largest absolute Gasteiger partial charge is 0.394 e. The molecule has 1 aromatic rings. The van der Waals surface area contributed by atoms with E-state index in [1.807, 2.05) is 52.1 Å². The van der Waals surface area contributed by atoms with Crippen LogP contribution in [-0.4, -0.2) is 24.3 Å². The molecule has 1 aromatic carbocycles. The highest BCUT2D eigenvalue weighted by Gasteiger charge is 2.24. The average molecular weight is 222 g/mol. The summed E-state index contributed by atoms with van der Waals surface area (Å²) >= 11 is 0. The summed E-state index contributed by atoms with van der Waals surface area (Å²) in [5.41, 5.74) is 7.84. The van der Waals surface area contributed by atoms with E-state index >= 15 is 0 Å². The highest BCUT2D eigenvalue weighted by molar-refractivity contribution is 5.56. The van der Waals surface area contributed by atoms with E-state index in [2.05, 4.69) is 4.90 Å². The molecular formula is C13H22N2O. The van der Waals surface area contributed by atoms with Gasteiger partial charge in [-0.1, -0.05) is 18.2 Å². The number of hydrogen-bond acceptors (Lipinski definition) is 3. The van der Waals surface area contributed by atoms with Crippen molar-refractivity contribution in [3.05, 3.63) is 29.8 Å². The summed E-state index contributed by atoms with van der Waals surface area (Å²) in [5, 5.41) is 9.38. The third-order valence-electron chi connectivity index (χ3n) is 3.08. The lowest BCUT2D eigenvalue weighted by Crippen LogP contribution is -2.45. The molecule has 0 aliphatic rings. The van der Waals surface area contributed by atoms with Gasteiger partial charge in [-0.2, -0.15) is 0 Å². The van der Waals surface area contributed by atoms with Crippen LogP contribution >= 0.6 is 0 Å². The van der Waals surface area contributed by atoms with Crippen LogP contribution < -0.4 is 10.6 Å². The Labute approximate surface area is 97.9 Å². The van der Waals surface area contributed by atoms with E-state index in [0.717, 1.165) is 11.3 Å². The number of hydrogen-bond donors (Lipinski definition) is 2. The van der Waals surface area contributed by atoms with Crippen molar-refractivity contribution in [2.75, 3.05) is 18.6 Å². The molecule has 0 unspecified atom stereocenters. The van der Waals surface area contributed by atoms with Crippen LogP contribution in [0.5, 0.6) is 0 Å². The zero-order chi connectivity index (χ0) is 12.3. The third kappa shape index (κ3) is 2.54. The predicted molar refractivity (Wildman–Crippen MR) is 68.6 cm³/mol. The molecule has 0 spiro atoms. The molecule has 0 aromatic heterocycles. The van der Waals surface area contributed by atoms with E-state index in [4.69, 9.17) is 5.73 Å². The molecule has 0 fully saturated rings. The standard InChI is InChI=1S/C13H22N2O/c1-10(14)11-7-5-6-8-12(11)15(4)13(2,3)9-16/h5-8,10,16H,9,14H2,1-4H3/t10-/m0/s1. The Morgan fingerprint density at radius 3 is 2.44 bits per heavy atom. The van der Waals surface area contributed by atoms with Crippen molar-refractivity contribution >= 4 is 5.69 Å². The quantitative estimate of drug-likeness (QED) is 0.818. The molecule has 1 rings (SSSR count). The van der Waals surface area contributed by atoms with Crippen LogP contribution in [0.1, 0.15) is 32.4 Å². The molecule has 0 saturated carbocycles. The Morgan fingerprint density at radius 2 is 1.94 bits per heavy atom. The van der Waals surface area contributed by atoms with Crippen LogP contribution in [0.15, 0.2) is 24.3 Å². The lowest BCUT2D eigenvalue weighted by Gasteiger charge is -2.37. The first-order valence-corrected chi connectivity index (χ1v) is 5.59.